The number of hydrogen-bond acceptors (Lipinski definition) is 4. The van der Waals surface area contributed by atoms with E-state index >= 15 is 0 Å². The van der Waals surface area contributed by atoms with E-state index in [4.69, 9.17) is 4.55 Å². The third-order valence-corrected chi connectivity index (χ3v) is 2.99. The van der Waals surface area contributed by atoms with Gasteiger partial charge in [-0.25, -0.2) is 4.68 Å². The zero-order chi connectivity index (χ0) is 12.6. The first-order valence-electron chi connectivity index (χ1n) is 4.64. The predicted molar refractivity (Wildman–Crippen MR) is 58.6 cm³/mol. The van der Waals surface area contributed by atoms with Crippen molar-refractivity contribution in [3.05, 3.63) is 36.0 Å². The molecule has 17 heavy (non-hydrogen) atoms. The van der Waals surface area contributed by atoms with Gasteiger partial charge in [0.1, 0.15) is 0 Å². The quantitative estimate of drug-likeness (QED) is 0.777. The predicted octanol–water partition coefficient (Wildman–Crippen LogP) is 0.933. The van der Waals surface area contributed by atoms with Crippen molar-refractivity contribution in [3.8, 4) is 11.6 Å². The summed E-state index contributed by atoms with van der Waals surface area (Å²) in [5, 5.41) is 13.5. The van der Waals surface area contributed by atoms with Crippen LogP contribution < -0.4 is 0 Å². The Bertz CT molecular complexity index is 643. The number of hydrogen-bond donors (Lipinski definition) is 2. The Labute approximate surface area is 97.9 Å². The van der Waals surface area contributed by atoms with E-state index in [2.05, 4.69) is 11.2 Å². The summed E-state index contributed by atoms with van der Waals surface area (Å²) >= 11 is 0. The van der Waals surface area contributed by atoms with Crippen LogP contribution in [0.25, 0.3) is 5.69 Å². The Balaban J connectivity index is 2.46. The molecule has 0 aliphatic heterocycles. The molecule has 7 heteroatoms. The lowest BCUT2D eigenvalue weighted by molar-refractivity contribution is 0.432. The van der Waals surface area contributed by atoms with Crippen LogP contribution in [0.15, 0.2) is 29.2 Å². The van der Waals surface area contributed by atoms with E-state index in [1.807, 2.05) is 0 Å². The molecule has 0 unspecified atom stereocenters. The normalized spacial score (nSPS) is 11.6. The lowest BCUT2D eigenvalue weighted by Crippen LogP contribution is -2.00. The molecule has 0 aliphatic carbocycles. The van der Waals surface area contributed by atoms with Crippen LogP contribution in [0, 0.1) is 13.0 Å². The van der Waals surface area contributed by atoms with Crippen LogP contribution in [0.2, 0.25) is 0 Å². The van der Waals surface area contributed by atoms with E-state index in [-0.39, 0.29) is 10.8 Å². The highest BCUT2D eigenvalue weighted by molar-refractivity contribution is 7.85. The highest BCUT2D eigenvalue weighted by Crippen LogP contribution is 2.18. The Hall–Kier alpha value is -1.86. The summed E-state index contributed by atoms with van der Waals surface area (Å²) in [6.45, 7) is 1.67. The second kappa shape index (κ2) is 3.86. The van der Waals surface area contributed by atoms with Crippen molar-refractivity contribution < 1.29 is 18.1 Å². The summed E-state index contributed by atoms with van der Waals surface area (Å²) < 4.78 is 31.7. The minimum atomic E-state index is -4.21. The van der Waals surface area contributed by atoms with E-state index in [0.29, 0.717) is 11.4 Å². The van der Waals surface area contributed by atoms with Gasteiger partial charge in [-0.1, -0.05) is 0 Å². The molecule has 0 amide bonds. The van der Waals surface area contributed by atoms with Gasteiger partial charge >= 0.3 is 0 Å². The number of nitrogens with zero attached hydrogens (tertiary/aromatic N) is 2. The smallest absolute Gasteiger partial charge is 0.294 e. The topological polar surface area (TPSA) is 92.4 Å². The van der Waals surface area contributed by atoms with Crippen LogP contribution in [0.5, 0.6) is 5.88 Å². The molecule has 0 fully saturated rings. The van der Waals surface area contributed by atoms with Gasteiger partial charge in [0.15, 0.2) is 0 Å². The molecule has 1 radical (unpaired) electrons. The van der Waals surface area contributed by atoms with Gasteiger partial charge in [-0.05, 0) is 31.2 Å². The first-order chi connectivity index (χ1) is 7.88. The molecule has 2 N–H and O–H groups in total. The van der Waals surface area contributed by atoms with Crippen LogP contribution in [0.3, 0.4) is 0 Å². The summed E-state index contributed by atoms with van der Waals surface area (Å²) in [5.74, 6) is -0.165. The molecule has 6 nitrogen and oxygen atoms in total. The van der Waals surface area contributed by atoms with Crippen LogP contribution >= 0.6 is 0 Å². The van der Waals surface area contributed by atoms with Crippen LogP contribution in [-0.2, 0) is 10.1 Å². The summed E-state index contributed by atoms with van der Waals surface area (Å²) in [7, 11) is -4.21. The molecule has 0 saturated heterocycles. The molecule has 1 aromatic heterocycles. The van der Waals surface area contributed by atoms with Crippen molar-refractivity contribution in [1.29, 1.82) is 0 Å². The lowest BCUT2D eigenvalue weighted by atomic mass is 10.3. The summed E-state index contributed by atoms with van der Waals surface area (Å²) in [5.41, 5.74) is 0.987. The average Bonchev–Trinajstić information content (AvgIpc) is 2.57. The number of benzene rings is 1. The van der Waals surface area contributed by atoms with Gasteiger partial charge in [0, 0.05) is 0 Å². The third-order valence-electron chi connectivity index (χ3n) is 2.12. The maximum Gasteiger partial charge on any atom is 0.294 e. The number of aromatic nitrogens is 2. The largest absolute Gasteiger partial charge is 0.493 e. The van der Waals surface area contributed by atoms with Gasteiger partial charge < -0.3 is 5.11 Å². The van der Waals surface area contributed by atoms with Crippen molar-refractivity contribution >= 4 is 10.1 Å². The number of rotatable bonds is 2. The van der Waals surface area contributed by atoms with Crippen molar-refractivity contribution in [3.63, 3.8) is 0 Å². The van der Waals surface area contributed by atoms with Crippen molar-refractivity contribution in [1.82, 2.24) is 9.78 Å². The second-order valence-electron chi connectivity index (χ2n) is 3.41. The summed E-state index contributed by atoms with van der Waals surface area (Å²) in [4.78, 5) is -0.214. The lowest BCUT2D eigenvalue weighted by Gasteiger charge is -2.03. The molecular formula is C10H9N2O4S. The molecule has 2 aromatic rings. The molecular weight excluding hydrogens is 244 g/mol. The van der Waals surface area contributed by atoms with Gasteiger partial charge in [-0.3, -0.25) is 4.55 Å². The average molecular weight is 253 g/mol. The molecule has 2 rings (SSSR count). The molecule has 0 spiro atoms. The van der Waals surface area contributed by atoms with E-state index < -0.39 is 10.1 Å². The minimum Gasteiger partial charge on any atom is -0.493 e. The zero-order valence-corrected chi connectivity index (χ0v) is 9.64. The monoisotopic (exact) mass is 253 g/mol. The molecule has 0 bridgehead atoms. The van der Waals surface area contributed by atoms with Gasteiger partial charge in [-0.15, -0.1) is 0 Å². The molecule has 0 aliphatic rings. The van der Waals surface area contributed by atoms with Crippen molar-refractivity contribution in [2.45, 2.75) is 11.8 Å². The SMILES string of the molecule is Cc1[c]c(O)n(-c2ccc(S(=O)(=O)O)cc2)n1. The first kappa shape index (κ1) is 11.6. The Morgan fingerprint density at radius 2 is 1.88 bits per heavy atom. The van der Waals surface area contributed by atoms with Gasteiger partial charge in [0.05, 0.1) is 22.3 Å². The highest BCUT2D eigenvalue weighted by Gasteiger charge is 2.11. The van der Waals surface area contributed by atoms with Gasteiger partial charge in [0.25, 0.3) is 10.1 Å². The van der Waals surface area contributed by atoms with E-state index in [1.165, 1.54) is 28.9 Å². The van der Waals surface area contributed by atoms with E-state index in [1.54, 1.807) is 6.92 Å². The fourth-order valence-corrected chi connectivity index (χ4v) is 1.86. The standard InChI is InChI=1S/C10H9N2O4S/c1-7-6-10(13)12(11-7)8-2-4-9(5-3-8)17(14,15)16/h2-5,13H,1H3,(H,14,15,16). The molecule has 0 atom stereocenters. The minimum absolute atomic E-state index is 0.165. The molecule has 0 saturated carbocycles. The van der Waals surface area contributed by atoms with Crippen molar-refractivity contribution in [2.75, 3.05) is 0 Å². The van der Waals surface area contributed by atoms with Crippen LogP contribution in [0.4, 0.5) is 0 Å². The van der Waals surface area contributed by atoms with Crippen LogP contribution in [-0.4, -0.2) is 27.9 Å². The van der Waals surface area contributed by atoms with Gasteiger partial charge in [0.2, 0.25) is 5.88 Å². The van der Waals surface area contributed by atoms with Gasteiger partial charge in [-0.2, -0.15) is 13.5 Å². The highest BCUT2D eigenvalue weighted by atomic mass is 32.2. The Morgan fingerprint density at radius 3 is 2.29 bits per heavy atom. The maximum absolute atomic E-state index is 10.8. The number of aryl methyl sites for hydroxylation is 1. The zero-order valence-electron chi connectivity index (χ0n) is 8.82. The summed E-state index contributed by atoms with van der Waals surface area (Å²) in [6.07, 6.45) is 0. The Morgan fingerprint density at radius 1 is 1.29 bits per heavy atom. The fraction of sp³-hybridized carbons (Fsp3) is 0.100. The number of aromatic hydroxyl groups is 1. The van der Waals surface area contributed by atoms with E-state index in [0.717, 1.165) is 0 Å². The second-order valence-corrected chi connectivity index (χ2v) is 4.84. The fourth-order valence-electron chi connectivity index (χ4n) is 1.38. The Kier molecular flexibility index (Phi) is 2.64. The van der Waals surface area contributed by atoms with E-state index in [9.17, 15) is 13.5 Å². The summed E-state index contributed by atoms with van der Waals surface area (Å²) in [6, 6.07) is 7.88. The molecule has 1 aromatic carbocycles. The first-order valence-corrected chi connectivity index (χ1v) is 6.08. The van der Waals surface area contributed by atoms with Crippen molar-refractivity contribution in [2.24, 2.45) is 0 Å². The third kappa shape index (κ3) is 2.29. The molecule has 1 heterocycles. The molecule has 89 valence electrons. The van der Waals surface area contributed by atoms with Crippen LogP contribution in [0.1, 0.15) is 5.69 Å². The maximum atomic E-state index is 10.8.